The van der Waals surface area contributed by atoms with Crippen LogP contribution in [-0.4, -0.2) is 96.7 Å². The molecule has 0 aliphatic heterocycles. The van der Waals surface area contributed by atoms with E-state index in [0.717, 1.165) is 173 Å². The van der Waals surface area contributed by atoms with E-state index in [1.54, 1.807) is 0 Å². The Morgan fingerprint density at radius 2 is 0.482 bits per heavy atom. The maximum absolute atomic E-state index is 13.1. The molecule has 3 N–H and O–H groups in total. The van der Waals surface area contributed by atoms with Gasteiger partial charge in [0.1, 0.15) is 19.3 Å². The molecule has 620 valence electrons. The lowest BCUT2D eigenvalue weighted by atomic mass is 10.1. The number of unbranched alkanes of at least 4 members (excludes halogenated alkanes) is 15. The summed E-state index contributed by atoms with van der Waals surface area (Å²) < 4.78 is 68.6. The quantitative estimate of drug-likeness (QED) is 0.0169. The third-order valence-corrected chi connectivity index (χ3v) is 18.1. The molecule has 17 nitrogen and oxygen atoms in total. The Hall–Kier alpha value is -6.36. The lowest BCUT2D eigenvalue weighted by Gasteiger charge is -2.21. The first-order valence-electron chi connectivity index (χ1n) is 41.3. The number of phosphoric acid groups is 2. The van der Waals surface area contributed by atoms with Crippen LogP contribution in [0, 0.1) is 0 Å². The summed E-state index contributed by atoms with van der Waals surface area (Å²) in [6.07, 6.45) is 101. The van der Waals surface area contributed by atoms with Crippen molar-refractivity contribution in [2.24, 2.45) is 0 Å². The van der Waals surface area contributed by atoms with Crippen molar-refractivity contribution < 1.29 is 80.2 Å². The van der Waals surface area contributed by atoms with Gasteiger partial charge in [-0.05, 0) is 180 Å². The molecule has 0 aromatic heterocycles. The minimum atomic E-state index is -5.02. The van der Waals surface area contributed by atoms with Gasteiger partial charge in [0.15, 0.2) is 12.2 Å². The second-order valence-electron chi connectivity index (χ2n) is 26.6. The Labute approximate surface area is 665 Å². The van der Waals surface area contributed by atoms with E-state index in [-0.39, 0.29) is 25.7 Å². The summed E-state index contributed by atoms with van der Waals surface area (Å²) in [6.45, 7) is 4.31. The van der Waals surface area contributed by atoms with Gasteiger partial charge in [-0.3, -0.25) is 37.3 Å². The fourth-order valence-electron chi connectivity index (χ4n) is 10.1. The number of esters is 4. The van der Waals surface area contributed by atoms with Gasteiger partial charge in [0.2, 0.25) is 0 Å². The van der Waals surface area contributed by atoms with E-state index in [0.29, 0.717) is 38.5 Å². The van der Waals surface area contributed by atoms with Gasteiger partial charge in [0.25, 0.3) is 0 Å². The molecule has 0 saturated heterocycles. The number of allylic oxidation sites excluding steroid dienone is 34. The Balaban J connectivity index is 5.54. The molecule has 0 bridgehead atoms. The number of carbonyl (C=O) groups excluding carboxylic acids is 4. The van der Waals surface area contributed by atoms with Crippen molar-refractivity contribution in [1.82, 2.24) is 0 Å². The molecule has 0 saturated carbocycles. The molecule has 19 heteroatoms. The van der Waals surface area contributed by atoms with E-state index in [4.69, 9.17) is 37.0 Å². The molecule has 0 fully saturated rings. The van der Waals surface area contributed by atoms with E-state index in [9.17, 15) is 43.2 Å². The SMILES string of the molecule is CC/C=C\C/C=C\C/C=C\C/C=C\C/C=C\CCCC(=O)OCC(COP(=O)(O)OCC(O)COP(=O)(O)OCC(COC(=O)CCCCCCCC/C=C\C/C=C\C/C=C\CCCCC)OC(=O)CCCCCC/C=C\C/C=C\C/C=C\C/C=C\CC)OC(=O)CCC/C=C\C/C=C\C/C=C\C/C=C\C/C=C\CC. The Bertz CT molecular complexity index is 2900. The zero-order valence-corrected chi connectivity index (χ0v) is 69.6. The highest BCUT2D eigenvalue weighted by Gasteiger charge is 2.30. The molecule has 0 rings (SSSR count). The zero-order chi connectivity index (χ0) is 80.3. The number of rotatable bonds is 75. The summed E-state index contributed by atoms with van der Waals surface area (Å²) in [5, 5.41) is 10.7. The topological polar surface area (TPSA) is 237 Å². The van der Waals surface area contributed by atoms with Crippen LogP contribution in [0.1, 0.15) is 285 Å². The van der Waals surface area contributed by atoms with Gasteiger partial charge in [-0.25, -0.2) is 9.13 Å². The van der Waals surface area contributed by atoms with Crippen molar-refractivity contribution in [3.05, 3.63) is 207 Å². The van der Waals surface area contributed by atoms with Crippen LogP contribution in [0.4, 0.5) is 0 Å². The summed E-state index contributed by atoms with van der Waals surface area (Å²) in [6, 6.07) is 0. The molecule has 110 heavy (non-hydrogen) atoms. The highest BCUT2D eigenvalue weighted by atomic mass is 31.2. The fourth-order valence-corrected chi connectivity index (χ4v) is 11.6. The number of hydrogen-bond donors (Lipinski definition) is 3. The summed E-state index contributed by atoms with van der Waals surface area (Å²) in [5.41, 5.74) is 0. The van der Waals surface area contributed by atoms with Gasteiger partial charge < -0.3 is 33.8 Å². The first-order chi connectivity index (χ1) is 53.7. The largest absolute Gasteiger partial charge is 0.472 e. The molecule has 0 heterocycles. The second-order valence-corrected chi connectivity index (χ2v) is 29.5. The first kappa shape index (κ1) is 104. The molecule has 0 amide bonds. The monoisotopic (exact) mass is 1570 g/mol. The smallest absolute Gasteiger partial charge is 0.462 e. The molecule has 0 radical (unpaired) electrons. The molecular weight excluding hydrogens is 1430 g/mol. The minimum Gasteiger partial charge on any atom is -0.462 e. The van der Waals surface area contributed by atoms with E-state index in [1.807, 2.05) is 24.3 Å². The third kappa shape index (κ3) is 79.7. The van der Waals surface area contributed by atoms with Crippen LogP contribution in [0.25, 0.3) is 0 Å². The van der Waals surface area contributed by atoms with Crippen molar-refractivity contribution in [3.8, 4) is 0 Å². The number of aliphatic hydroxyl groups is 1. The van der Waals surface area contributed by atoms with Crippen molar-refractivity contribution >= 4 is 39.5 Å². The summed E-state index contributed by atoms with van der Waals surface area (Å²) in [4.78, 5) is 73.2. The number of hydrogen-bond acceptors (Lipinski definition) is 15. The van der Waals surface area contributed by atoms with Crippen LogP contribution in [0.3, 0.4) is 0 Å². The van der Waals surface area contributed by atoms with Gasteiger partial charge >= 0.3 is 39.5 Å². The van der Waals surface area contributed by atoms with Crippen molar-refractivity contribution in [2.45, 2.75) is 303 Å². The molecule has 0 spiro atoms. The van der Waals surface area contributed by atoms with Crippen LogP contribution in [-0.2, 0) is 65.4 Å². The predicted molar refractivity (Wildman–Crippen MR) is 454 cm³/mol. The molecule has 0 aliphatic carbocycles. The second kappa shape index (κ2) is 80.7. The van der Waals surface area contributed by atoms with E-state index in [1.165, 1.54) is 19.3 Å². The highest BCUT2D eigenvalue weighted by Crippen LogP contribution is 2.45. The normalized spacial score (nSPS) is 14.9. The van der Waals surface area contributed by atoms with Gasteiger partial charge in [-0.1, -0.05) is 286 Å². The van der Waals surface area contributed by atoms with Crippen LogP contribution in [0.2, 0.25) is 0 Å². The van der Waals surface area contributed by atoms with E-state index in [2.05, 4.69) is 210 Å². The van der Waals surface area contributed by atoms with Gasteiger partial charge in [-0.15, -0.1) is 0 Å². The molecule has 5 atom stereocenters. The Kier molecular flexibility index (Phi) is 76.0. The fraction of sp³-hybridized carbons (Fsp3) is 0.582. The summed E-state index contributed by atoms with van der Waals surface area (Å²) in [7, 11) is -10.0. The number of aliphatic hydroxyl groups excluding tert-OH is 1. The van der Waals surface area contributed by atoms with Crippen molar-refractivity contribution in [3.63, 3.8) is 0 Å². The van der Waals surface area contributed by atoms with Crippen molar-refractivity contribution in [2.75, 3.05) is 39.6 Å². The highest BCUT2D eigenvalue weighted by molar-refractivity contribution is 7.47. The Morgan fingerprint density at radius 1 is 0.264 bits per heavy atom. The van der Waals surface area contributed by atoms with Gasteiger partial charge in [0, 0.05) is 25.7 Å². The summed E-state index contributed by atoms with van der Waals surface area (Å²) >= 11 is 0. The Morgan fingerprint density at radius 3 is 0.773 bits per heavy atom. The van der Waals surface area contributed by atoms with E-state index >= 15 is 0 Å². The molecule has 0 aliphatic rings. The minimum absolute atomic E-state index is 0.00524. The standard InChI is InChI=1S/C91H144O17P2/c1-5-9-13-17-21-25-29-33-37-41-42-46-48-52-56-60-64-68-72-76-89(94)102-82-87(108-91(96)78-74-70-66-62-58-54-50-45-40-36-32-28-24-20-16-12-8-4)84-106-110(99,100)104-80-85(92)79-103-109(97,98)105-83-86(107-90(95)77-73-69-65-61-57-53-49-44-39-35-31-27-23-19-15-11-7-3)81-101-88(93)75-71-67-63-59-55-51-47-43-38-34-30-26-22-18-14-10-6-2/h10-12,14-16,21-28,33-40,42,46-47,49-51,53-54,59,61,63,65,85-87,92H,5-9,13,17-20,29-32,41,43-45,48,52,55-58,60,62,64,66-84H2,1-4H3,(H,97,98)(H,99,100)/b14-10-,15-11-,16-12-,25-21-,26-22-,27-23-,28-24-,37-33-,38-34-,39-35-,40-36-,46-42-,51-47-,53-49-,54-50-,63-59-,65-61-. The van der Waals surface area contributed by atoms with Crippen LogP contribution < -0.4 is 0 Å². The van der Waals surface area contributed by atoms with Crippen molar-refractivity contribution in [1.29, 1.82) is 0 Å². The zero-order valence-electron chi connectivity index (χ0n) is 67.8. The molecule has 5 unspecified atom stereocenters. The number of ether oxygens (including phenoxy) is 4. The van der Waals surface area contributed by atoms with Crippen LogP contribution >= 0.6 is 15.6 Å². The van der Waals surface area contributed by atoms with Crippen LogP contribution in [0.5, 0.6) is 0 Å². The average Bonchev–Trinajstić information content (AvgIpc) is 0.904. The number of phosphoric ester groups is 2. The van der Waals surface area contributed by atoms with E-state index < -0.39 is 97.5 Å². The summed E-state index contributed by atoms with van der Waals surface area (Å²) in [5.74, 6) is -2.37. The maximum Gasteiger partial charge on any atom is 0.472 e. The predicted octanol–water partition coefficient (Wildman–Crippen LogP) is 24.7. The lowest BCUT2D eigenvalue weighted by molar-refractivity contribution is -0.161. The molecule has 0 aromatic rings. The van der Waals surface area contributed by atoms with Crippen LogP contribution in [0.15, 0.2) is 207 Å². The molecule has 0 aromatic carbocycles. The van der Waals surface area contributed by atoms with Gasteiger partial charge in [0.05, 0.1) is 26.4 Å². The lowest BCUT2D eigenvalue weighted by Crippen LogP contribution is -2.30. The molecular formula is C91H144O17P2. The number of carbonyl (C=O) groups is 4. The maximum atomic E-state index is 13.1. The third-order valence-electron chi connectivity index (χ3n) is 16.2. The van der Waals surface area contributed by atoms with Gasteiger partial charge in [-0.2, -0.15) is 0 Å². The average molecular weight is 1570 g/mol. The first-order valence-corrected chi connectivity index (χ1v) is 44.3.